The van der Waals surface area contributed by atoms with Crippen LogP contribution in [0.1, 0.15) is 37.0 Å². The number of sulfonamides is 1. The second-order valence-corrected chi connectivity index (χ2v) is 9.70. The van der Waals surface area contributed by atoms with Crippen LogP contribution in [-0.4, -0.2) is 34.3 Å². The highest BCUT2D eigenvalue weighted by Crippen LogP contribution is 2.21. The molecule has 0 bridgehead atoms. The number of aliphatic imine (C=N–C) groups is 1. The Labute approximate surface area is 186 Å². The summed E-state index contributed by atoms with van der Waals surface area (Å²) >= 11 is 0. The summed E-state index contributed by atoms with van der Waals surface area (Å²) in [4.78, 5) is 4.27. The Hall–Kier alpha value is -2.74. The molecule has 0 saturated heterocycles. The van der Waals surface area contributed by atoms with E-state index in [1.165, 1.54) is 0 Å². The van der Waals surface area contributed by atoms with Crippen LogP contribution in [0.5, 0.6) is 5.75 Å². The third kappa shape index (κ3) is 8.88. The first-order chi connectivity index (χ1) is 14.7. The average Bonchev–Trinajstić information content (AvgIpc) is 2.69. The predicted molar refractivity (Wildman–Crippen MR) is 128 cm³/mol. The van der Waals surface area contributed by atoms with Crippen molar-refractivity contribution >= 4 is 21.7 Å². The minimum atomic E-state index is -3.35. The molecule has 0 unspecified atom stereocenters. The lowest BCUT2D eigenvalue weighted by Gasteiger charge is -2.17. The molecule has 0 aliphatic heterocycles. The van der Waals surface area contributed by atoms with Gasteiger partial charge in [0.2, 0.25) is 10.0 Å². The van der Waals surface area contributed by atoms with Crippen LogP contribution < -0.4 is 20.1 Å². The van der Waals surface area contributed by atoms with Crippen molar-refractivity contribution in [2.45, 2.75) is 40.3 Å². The van der Waals surface area contributed by atoms with Crippen molar-refractivity contribution in [2.24, 2.45) is 10.9 Å². The van der Waals surface area contributed by atoms with Gasteiger partial charge in [-0.2, -0.15) is 0 Å². The number of hydrogen-bond acceptors (Lipinski definition) is 4. The molecule has 0 spiro atoms. The van der Waals surface area contributed by atoms with Crippen LogP contribution in [0.4, 0.5) is 5.69 Å². The second-order valence-electron chi connectivity index (χ2n) is 7.95. The van der Waals surface area contributed by atoms with Crippen molar-refractivity contribution in [3.63, 3.8) is 0 Å². The van der Waals surface area contributed by atoms with Gasteiger partial charge in [-0.1, -0.05) is 44.2 Å². The summed E-state index contributed by atoms with van der Waals surface area (Å²) in [6.45, 7) is 8.08. The van der Waals surface area contributed by atoms with Gasteiger partial charge in [0.25, 0.3) is 0 Å². The Morgan fingerprint density at radius 3 is 2.39 bits per heavy atom. The molecule has 0 aliphatic rings. The lowest BCUT2D eigenvalue weighted by atomic mass is 10.1. The van der Waals surface area contributed by atoms with Gasteiger partial charge in [-0.05, 0) is 42.5 Å². The quantitative estimate of drug-likeness (QED) is 0.383. The molecule has 0 fully saturated rings. The van der Waals surface area contributed by atoms with E-state index in [1.54, 1.807) is 19.2 Å². The van der Waals surface area contributed by atoms with E-state index >= 15 is 0 Å². The maximum atomic E-state index is 11.6. The molecule has 0 aromatic heterocycles. The monoisotopic (exact) mass is 446 g/mol. The highest BCUT2D eigenvalue weighted by molar-refractivity contribution is 7.92. The minimum absolute atomic E-state index is 0.421. The van der Waals surface area contributed by atoms with Gasteiger partial charge in [-0.25, -0.2) is 8.42 Å². The first kappa shape index (κ1) is 24.5. The zero-order valence-electron chi connectivity index (χ0n) is 19.0. The van der Waals surface area contributed by atoms with Gasteiger partial charge in [-0.3, -0.25) is 9.71 Å². The number of aryl methyl sites for hydroxylation is 1. The average molecular weight is 447 g/mol. The Morgan fingerprint density at radius 1 is 1.06 bits per heavy atom. The molecule has 0 amide bonds. The number of hydrogen-bond donors (Lipinski definition) is 3. The number of nitrogens with one attached hydrogen (secondary N) is 3. The van der Waals surface area contributed by atoms with E-state index < -0.39 is 10.0 Å². The highest BCUT2D eigenvalue weighted by atomic mass is 32.2. The first-order valence-electron chi connectivity index (χ1n) is 10.4. The van der Waals surface area contributed by atoms with Crippen LogP contribution in [0.15, 0.2) is 47.5 Å². The maximum absolute atomic E-state index is 11.6. The zero-order valence-corrected chi connectivity index (χ0v) is 19.8. The van der Waals surface area contributed by atoms with Crippen LogP contribution >= 0.6 is 0 Å². The van der Waals surface area contributed by atoms with Gasteiger partial charge in [-0.15, -0.1) is 0 Å². The molecular weight excluding hydrogens is 412 g/mol. The van der Waals surface area contributed by atoms with Crippen molar-refractivity contribution < 1.29 is 13.2 Å². The van der Waals surface area contributed by atoms with Crippen LogP contribution in [-0.2, 0) is 23.1 Å². The smallest absolute Gasteiger partial charge is 0.229 e. The van der Waals surface area contributed by atoms with E-state index in [9.17, 15) is 8.42 Å². The molecule has 0 saturated carbocycles. The number of guanidine groups is 1. The Morgan fingerprint density at radius 2 is 1.74 bits per heavy atom. The molecular formula is C23H34N4O3S. The summed E-state index contributed by atoms with van der Waals surface area (Å²) in [6.07, 6.45) is 2.14. The fourth-order valence-electron chi connectivity index (χ4n) is 2.90. The number of anilines is 1. The standard InChI is InChI=1S/C23H34N4O3S/c1-17(2)12-13-30-22-14-18(3)10-11-20(22)16-26-23(24-4)25-15-19-8-6-7-9-21(19)27-31(5,28)29/h6-11,14,17,27H,12-13,15-16H2,1-5H3,(H2,24,25,26). The van der Waals surface area contributed by atoms with Gasteiger partial charge in [0, 0.05) is 25.7 Å². The maximum Gasteiger partial charge on any atom is 0.229 e. The molecule has 0 heterocycles. The summed E-state index contributed by atoms with van der Waals surface area (Å²) in [6, 6.07) is 13.5. The largest absolute Gasteiger partial charge is 0.493 e. The van der Waals surface area contributed by atoms with Crippen LogP contribution in [0, 0.1) is 12.8 Å². The summed E-state index contributed by atoms with van der Waals surface area (Å²) in [5, 5.41) is 6.54. The highest BCUT2D eigenvalue weighted by Gasteiger charge is 2.09. The van der Waals surface area contributed by atoms with Crippen molar-refractivity contribution in [1.82, 2.24) is 10.6 Å². The molecule has 170 valence electrons. The summed E-state index contributed by atoms with van der Waals surface area (Å²) < 4.78 is 31.8. The van der Waals surface area contributed by atoms with Crippen molar-refractivity contribution in [2.75, 3.05) is 24.6 Å². The number of ether oxygens (including phenoxy) is 1. The fraction of sp³-hybridized carbons (Fsp3) is 0.435. The molecule has 0 radical (unpaired) electrons. The second kappa shape index (κ2) is 11.6. The Bertz CT molecular complexity index is 988. The van der Waals surface area contributed by atoms with Crippen molar-refractivity contribution in [3.8, 4) is 5.75 Å². The Balaban J connectivity index is 2.00. The predicted octanol–water partition coefficient (Wildman–Crippen LogP) is 3.66. The summed E-state index contributed by atoms with van der Waals surface area (Å²) in [5.74, 6) is 2.09. The van der Waals surface area contributed by atoms with Gasteiger partial charge in [0.05, 0.1) is 18.6 Å². The summed E-state index contributed by atoms with van der Waals surface area (Å²) in [7, 11) is -1.65. The van der Waals surface area contributed by atoms with Crippen LogP contribution in [0.2, 0.25) is 0 Å². The van der Waals surface area contributed by atoms with Crippen LogP contribution in [0.25, 0.3) is 0 Å². The number of nitrogens with zero attached hydrogens (tertiary/aromatic N) is 1. The molecule has 0 atom stereocenters. The van der Waals surface area contributed by atoms with Crippen molar-refractivity contribution in [1.29, 1.82) is 0 Å². The van der Waals surface area contributed by atoms with E-state index in [2.05, 4.69) is 59.3 Å². The Kier molecular flexibility index (Phi) is 9.18. The van der Waals surface area contributed by atoms with Gasteiger partial charge in [0.1, 0.15) is 5.75 Å². The lowest BCUT2D eigenvalue weighted by Crippen LogP contribution is -2.36. The fourth-order valence-corrected chi connectivity index (χ4v) is 3.50. The first-order valence-corrected chi connectivity index (χ1v) is 12.3. The molecule has 0 aliphatic carbocycles. The summed E-state index contributed by atoms with van der Waals surface area (Å²) in [5.41, 5.74) is 3.58. The third-order valence-electron chi connectivity index (χ3n) is 4.60. The van der Waals surface area contributed by atoms with E-state index in [4.69, 9.17) is 4.74 Å². The van der Waals surface area contributed by atoms with E-state index in [-0.39, 0.29) is 0 Å². The van der Waals surface area contributed by atoms with E-state index in [1.807, 2.05) is 12.1 Å². The molecule has 7 nitrogen and oxygen atoms in total. The molecule has 3 N–H and O–H groups in total. The van der Waals surface area contributed by atoms with Gasteiger partial charge >= 0.3 is 0 Å². The molecule has 2 aromatic carbocycles. The van der Waals surface area contributed by atoms with Crippen molar-refractivity contribution in [3.05, 3.63) is 59.2 Å². The number of para-hydroxylation sites is 1. The molecule has 2 aromatic rings. The number of benzene rings is 2. The minimum Gasteiger partial charge on any atom is -0.493 e. The molecule has 2 rings (SSSR count). The topological polar surface area (TPSA) is 91.8 Å². The zero-order chi connectivity index (χ0) is 22.9. The van der Waals surface area contributed by atoms with Gasteiger partial charge < -0.3 is 15.4 Å². The molecule has 31 heavy (non-hydrogen) atoms. The van der Waals surface area contributed by atoms with Crippen LogP contribution in [0.3, 0.4) is 0 Å². The van der Waals surface area contributed by atoms with E-state index in [0.717, 1.165) is 35.1 Å². The SMILES string of the molecule is CN=C(NCc1ccccc1NS(C)(=O)=O)NCc1ccc(C)cc1OCCC(C)C. The number of rotatable bonds is 10. The molecule has 8 heteroatoms. The normalized spacial score (nSPS) is 12.0. The third-order valence-corrected chi connectivity index (χ3v) is 5.20. The van der Waals surface area contributed by atoms with Gasteiger partial charge in [0.15, 0.2) is 5.96 Å². The van der Waals surface area contributed by atoms with E-state index in [0.29, 0.717) is 37.3 Å². The lowest BCUT2D eigenvalue weighted by molar-refractivity contribution is 0.286.